The second-order valence-electron chi connectivity index (χ2n) is 6.71. The van der Waals surface area contributed by atoms with Gasteiger partial charge in [-0.2, -0.15) is 0 Å². The third-order valence-corrected chi connectivity index (χ3v) is 4.82. The summed E-state index contributed by atoms with van der Waals surface area (Å²) in [5.74, 6) is 0.247. The number of ether oxygens (including phenoxy) is 2. The number of benzene rings is 2. The van der Waals surface area contributed by atoms with E-state index in [1.54, 1.807) is 37.7 Å². The molecule has 8 heteroatoms. The standard InChI is InChI=1S/C22H23N3O5/c1-14-20(22(28)25(24(14)3)17-8-6-5-7-9-17)23-21(27)15(2)30-19-11-10-18(29-4)12-16(19)13-26/h5-13,15H,1-4H3,(H,23,27)/t15-/m0/s1. The van der Waals surface area contributed by atoms with Gasteiger partial charge in [0.25, 0.3) is 11.5 Å². The third-order valence-electron chi connectivity index (χ3n) is 4.82. The topological polar surface area (TPSA) is 91.6 Å². The van der Waals surface area contributed by atoms with Gasteiger partial charge in [0.15, 0.2) is 12.4 Å². The van der Waals surface area contributed by atoms with Crippen LogP contribution in [0.2, 0.25) is 0 Å². The number of methoxy groups -OCH3 is 1. The smallest absolute Gasteiger partial charge is 0.295 e. The van der Waals surface area contributed by atoms with Crippen LogP contribution >= 0.6 is 0 Å². The summed E-state index contributed by atoms with van der Waals surface area (Å²) in [6.07, 6.45) is -0.316. The molecule has 0 spiro atoms. The highest BCUT2D eigenvalue weighted by molar-refractivity contribution is 5.94. The Kier molecular flexibility index (Phi) is 6.06. The molecule has 0 saturated carbocycles. The van der Waals surface area contributed by atoms with E-state index in [4.69, 9.17) is 9.47 Å². The zero-order chi connectivity index (χ0) is 21.8. The molecule has 1 aromatic heterocycles. The zero-order valence-corrected chi connectivity index (χ0v) is 17.2. The van der Waals surface area contributed by atoms with Gasteiger partial charge in [0.2, 0.25) is 0 Å². The van der Waals surface area contributed by atoms with Crippen molar-refractivity contribution in [3.8, 4) is 17.2 Å². The molecule has 1 atom stereocenters. The van der Waals surface area contributed by atoms with E-state index >= 15 is 0 Å². The summed E-state index contributed by atoms with van der Waals surface area (Å²) in [5.41, 5.74) is 1.37. The highest BCUT2D eigenvalue weighted by Gasteiger charge is 2.22. The summed E-state index contributed by atoms with van der Waals surface area (Å²) in [5, 5.41) is 2.66. The van der Waals surface area contributed by atoms with Crippen molar-refractivity contribution in [2.75, 3.05) is 12.4 Å². The molecule has 1 amide bonds. The minimum absolute atomic E-state index is 0.173. The fourth-order valence-corrected chi connectivity index (χ4v) is 3.03. The Balaban J connectivity index is 1.83. The molecule has 0 radical (unpaired) electrons. The fraction of sp³-hybridized carbons (Fsp3) is 0.227. The SMILES string of the molecule is COc1ccc(O[C@@H](C)C(=O)Nc2c(C)n(C)n(-c3ccccc3)c2=O)c(C=O)c1. The van der Waals surface area contributed by atoms with Gasteiger partial charge in [-0.05, 0) is 44.2 Å². The predicted molar refractivity (Wildman–Crippen MR) is 113 cm³/mol. The van der Waals surface area contributed by atoms with Crippen molar-refractivity contribution >= 4 is 17.9 Å². The van der Waals surface area contributed by atoms with Crippen LogP contribution in [-0.4, -0.2) is 34.8 Å². The van der Waals surface area contributed by atoms with E-state index in [0.717, 1.165) is 0 Å². The monoisotopic (exact) mass is 409 g/mol. The number of amides is 1. The summed E-state index contributed by atoms with van der Waals surface area (Å²) < 4.78 is 13.9. The molecule has 0 unspecified atom stereocenters. The normalized spacial score (nSPS) is 11.6. The number of anilines is 1. The van der Waals surface area contributed by atoms with Crippen molar-refractivity contribution in [2.24, 2.45) is 7.05 Å². The van der Waals surface area contributed by atoms with Crippen molar-refractivity contribution in [2.45, 2.75) is 20.0 Å². The number of aldehydes is 1. The predicted octanol–water partition coefficient (Wildman–Crippen LogP) is 2.71. The van der Waals surface area contributed by atoms with Gasteiger partial charge in [-0.15, -0.1) is 0 Å². The number of para-hydroxylation sites is 1. The molecule has 30 heavy (non-hydrogen) atoms. The molecule has 1 heterocycles. The van der Waals surface area contributed by atoms with Gasteiger partial charge in [-0.3, -0.25) is 19.1 Å². The van der Waals surface area contributed by atoms with E-state index in [9.17, 15) is 14.4 Å². The van der Waals surface area contributed by atoms with Gasteiger partial charge < -0.3 is 14.8 Å². The summed E-state index contributed by atoms with van der Waals surface area (Å²) >= 11 is 0. The highest BCUT2D eigenvalue weighted by atomic mass is 16.5. The second kappa shape index (κ2) is 8.69. The van der Waals surface area contributed by atoms with Crippen LogP contribution in [-0.2, 0) is 11.8 Å². The van der Waals surface area contributed by atoms with Crippen molar-refractivity contribution in [3.63, 3.8) is 0 Å². The number of carbonyl (C=O) groups is 2. The van der Waals surface area contributed by atoms with Crippen LogP contribution in [0, 0.1) is 6.92 Å². The molecule has 156 valence electrons. The Labute approximate surface area is 173 Å². The minimum Gasteiger partial charge on any atom is -0.497 e. The number of hydrogen-bond donors (Lipinski definition) is 1. The third kappa shape index (κ3) is 3.98. The quantitative estimate of drug-likeness (QED) is 0.606. The number of carbonyl (C=O) groups excluding carboxylic acids is 2. The molecule has 0 aliphatic carbocycles. The highest BCUT2D eigenvalue weighted by Crippen LogP contribution is 2.24. The zero-order valence-electron chi connectivity index (χ0n) is 17.2. The Morgan fingerprint density at radius 1 is 1.17 bits per heavy atom. The van der Waals surface area contributed by atoms with Crippen LogP contribution in [0.5, 0.6) is 11.5 Å². The molecule has 1 N–H and O–H groups in total. The Bertz CT molecular complexity index is 1130. The fourth-order valence-electron chi connectivity index (χ4n) is 3.03. The first kappa shape index (κ1) is 20.9. The first-order chi connectivity index (χ1) is 14.4. The second-order valence-corrected chi connectivity index (χ2v) is 6.71. The van der Waals surface area contributed by atoms with Crippen molar-refractivity contribution in [3.05, 3.63) is 70.1 Å². The number of aromatic nitrogens is 2. The maximum Gasteiger partial charge on any atom is 0.295 e. The van der Waals surface area contributed by atoms with Crippen molar-refractivity contribution < 1.29 is 19.1 Å². The van der Waals surface area contributed by atoms with Gasteiger partial charge in [0.1, 0.15) is 17.2 Å². The average Bonchev–Trinajstić information content (AvgIpc) is 2.97. The summed E-state index contributed by atoms with van der Waals surface area (Å²) in [4.78, 5) is 36.9. The van der Waals surface area contributed by atoms with E-state index in [2.05, 4.69) is 5.32 Å². The lowest BCUT2D eigenvalue weighted by molar-refractivity contribution is -0.122. The average molecular weight is 409 g/mol. The molecule has 0 bridgehead atoms. The van der Waals surface area contributed by atoms with E-state index in [0.29, 0.717) is 23.4 Å². The van der Waals surface area contributed by atoms with E-state index in [-0.39, 0.29) is 22.6 Å². The van der Waals surface area contributed by atoms with Gasteiger partial charge in [0.05, 0.1) is 24.1 Å². The Morgan fingerprint density at radius 2 is 1.87 bits per heavy atom. The first-order valence-electron chi connectivity index (χ1n) is 9.32. The molecule has 3 aromatic rings. The molecule has 2 aromatic carbocycles. The van der Waals surface area contributed by atoms with Gasteiger partial charge in [-0.25, -0.2) is 4.68 Å². The van der Waals surface area contributed by atoms with Crippen molar-refractivity contribution in [1.82, 2.24) is 9.36 Å². The van der Waals surface area contributed by atoms with Crippen LogP contribution in [0.3, 0.4) is 0 Å². The number of hydrogen-bond acceptors (Lipinski definition) is 5. The van der Waals surface area contributed by atoms with Gasteiger partial charge in [0, 0.05) is 7.05 Å². The molecular formula is C22H23N3O5. The molecule has 0 aliphatic heterocycles. The summed E-state index contributed by atoms with van der Waals surface area (Å²) in [6.45, 7) is 3.29. The van der Waals surface area contributed by atoms with E-state index in [1.165, 1.54) is 17.9 Å². The van der Waals surface area contributed by atoms with Crippen molar-refractivity contribution in [1.29, 1.82) is 0 Å². The molecule has 8 nitrogen and oxygen atoms in total. The maximum atomic E-state index is 12.9. The van der Waals surface area contributed by atoms with E-state index in [1.807, 2.05) is 30.3 Å². The minimum atomic E-state index is -0.943. The number of nitrogens with zero attached hydrogens (tertiary/aromatic N) is 2. The van der Waals surface area contributed by atoms with E-state index < -0.39 is 12.0 Å². The maximum absolute atomic E-state index is 12.9. The largest absolute Gasteiger partial charge is 0.497 e. The molecule has 3 rings (SSSR count). The van der Waals surface area contributed by atoms with Gasteiger partial charge in [-0.1, -0.05) is 18.2 Å². The van der Waals surface area contributed by atoms with Gasteiger partial charge >= 0.3 is 0 Å². The lowest BCUT2D eigenvalue weighted by Crippen LogP contribution is -2.32. The summed E-state index contributed by atoms with van der Waals surface area (Å²) in [7, 11) is 3.23. The van der Waals surface area contributed by atoms with Crippen LogP contribution in [0.1, 0.15) is 23.0 Å². The van der Waals surface area contributed by atoms with Crippen LogP contribution in [0.15, 0.2) is 53.3 Å². The molecular weight excluding hydrogens is 386 g/mol. The lowest BCUT2D eigenvalue weighted by Gasteiger charge is -2.16. The van der Waals surface area contributed by atoms with Crippen LogP contribution in [0.25, 0.3) is 5.69 Å². The molecule has 0 saturated heterocycles. The lowest BCUT2D eigenvalue weighted by atomic mass is 10.2. The van der Waals surface area contributed by atoms with Crippen LogP contribution in [0.4, 0.5) is 5.69 Å². The number of rotatable bonds is 7. The Morgan fingerprint density at radius 3 is 2.50 bits per heavy atom. The first-order valence-corrected chi connectivity index (χ1v) is 9.32. The number of nitrogens with one attached hydrogen (secondary N) is 1. The molecule has 0 aliphatic rings. The Hall–Kier alpha value is -3.81. The summed E-state index contributed by atoms with van der Waals surface area (Å²) in [6, 6.07) is 13.8. The molecule has 0 fully saturated rings. The van der Waals surface area contributed by atoms with Crippen LogP contribution < -0.4 is 20.3 Å².